The van der Waals surface area contributed by atoms with Gasteiger partial charge in [0.15, 0.2) is 0 Å². The number of rotatable bonds is 3. The van der Waals surface area contributed by atoms with Crippen LogP contribution in [0.1, 0.15) is 11.8 Å². The van der Waals surface area contributed by atoms with Crippen molar-refractivity contribution in [2.45, 2.75) is 19.4 Å². The lowest BCUT2D eigenvalue weighted by atomic mass is 10.2. The van der Waals surface area contributed by atoms with Crippen molar-refractivity contribution in [2.24, 2.45) is 0 Å². The third kappa shape index (κ3) is 3.23. The molecule has 1 unspecified atom stereocenters. The highest BCUT2D eigenvalue weighted by Crippen LogP contribution is 2.14. The Balaban J connectivity index is 1.88. The second-order valence-corrected chi connectivity index (χ2v) is 5.66. The van der Waals surface area contributed by atoms with Crippen LogP contribution >= 0.6 is 11.3 Å². The Kier molecular flexibility index (Phi) is 4.60. The summed E-state index contributed by atoms with van der Waals surface area (Å²) in [5, 5.41) is 2.08. The monoisotopic (exact) mass is 268 g/mol. The fourth-order valence-electron chi connectivity index (χ4n) is 2.02. The van der Waals surface area contributed by atoms with Crippen molar-refractivity contribution in [1.29, 1.82) is 0 Å². The van der Waals surface area contributed by atoms with Gasteiger partial charge in [-0.2, -0.15) is 0 Å². The lowest BCUT2D eigenvalue weighted by molar-refractivity contribution is 0.0426. The molecule has 2 heterocycles. The van der Waals surface area contributed by atoms with E-state index < -0.39 is 0 Å². The number of carbonyl (C=O) groups is 1. The van der Waals surface area contributed by atoms with Gasteiger partial charge in [-0.1, -0.05) is 6.07 Å². The summed E-state index contributed by atoms with van der Waals surface area (Å²) in [6.45, 7) is 4.81. The molecule has 1 aliphatic heterocycles. The topological polar surface area (TPSA) is 32.8 Å². The number of hydrogen-bond acceptors (Lipinski definition) is 3. The van der Waals surface area contributed by atoms with Crippen molar-refractivity contribution in [1.82, 2.24) is 9.80 Å². The van der Waals surface area contributed by atoms with E-state index in [4.69, 9.17) is 4.74 Å². The molecule has 5 heteroatoms. The fourth-order valence-corrected chi connectivity index (χ4v) is 2.85. The number of carbonyl (C=O) groups excluding carboxylic acids is 1. The Morgan fingerprint density at radius 2 is 2.28 bits per heavy atom. The van der Waals surface area contributed by atoms with E-state index in [-0.39, 0.29) is 12.1 Å². The molecule has 18 heavy (non-hydrogen) atoms. The highest BCUT2D eigenvalue weighted by molar-refractivity contribution is 7.09. The number of likely N-dealkylation sites (N-methyl/N-ethyl adjacent to an activating group) is 1. The molecule has 2 rings (SSSR count). The fraction of sp³-hybridized carbons (Fsp3) is 0.615. The van der Waals surface area contributed by atoms with Gasteiger partial charge in [-0.15, -0.1) is 11.3 Å². The highest BCUT2D eigenvalue weighted by atomic mass is 32.1. The minimum absolute atomic E-state index is 0.113. The van der Waals surface area contributed by atoms with Gasteiger partial charge in [-0.05, 0) is 18.4 Å². The zero-order chi connectivity index (χ0) is 13.0. The van der Waals surface area contributed by atoms with Crippen molar-refractivity contribution in [3.05, 3.63) is 22.4 Å². The summed E-state index contributed by atoms with van der Waals surface area (Å²) in [6.07, 6.45) is 0.921. The van der Waals surface area contributed by atoms with Gasteiger partial charge >= 0.3 is 6.03 Å². The Hall–Kier alpha value is -1.07. The van der Waals surface area contributed by atoms with Crippen LogP contribution < -0.4 is 0 Å². The normalized spacial score (nSPS) is 17.6. The molecule has 1 aromatic heterocycles. The molecule has 100 valence electrons. The quantitative estimate of drug-likeness (QED) is 0.840. The molecule has 1 aliphatic rings. The number of thiophene rings is 1. The first-order chi connectivity index (χ1) is 8.68. The molecule has 1 atom stereocenters. The third-order valence-electron chi connectivity index (χ3n) is 3.32. The van der Waals surface area contributed by atoms with E-state index in [1.54, 1.807) is 11.3 Å². The largest absolute Gasteiger partial charge is 0.378 e. The molecular weight excluding hydrogens is 248 g/mol. The lowest BCUT2D eigenvalue weighted by Gasteiger charge is -2.33. The second kappa shape index (κ2) is 6.20. The second-order valence-electron chi connectivity index (χ2n) is 4.63. The van der Waals surface area contributed by atoms with Gasteiger partial charge in [0.25, 0.3) is 0 Å². The molecule has 0 aliphatic carbocycles. The van der Waals surface area contributed by atoms with E-state index in [1.807, 2.05) is 16.8 Å². The molecule has 0 spiro atoms. The first-order valence-corrected chi connectivity index (χ1v) is 7.18. The van der Waals surface area contributed by atoms with Gasteiger partial charge in [0.1, 0.15) is 0 Å². The predicted octanol–water partition coefficient (Wildman–Crippen LogP) is 2.06. The average molecular weight is 268 g/mol. The summed E-state index contributed by atoms with van der Waals surface area (Å²) in [7, 11) is 1.88. The van der Waals surface area contributed by atoms with Crippen LogP contribution in [0.2, 0.25) is 0 Å². The summed E-state index contributed by atoms with van der Waals surface area (Å²) in [5.41, 5.74) is 0. The van der Waals surface area contributed by atoms with Gasteiger partial charge in [0.2, 0.25) is 0 Å². The number of nitrogens with zero attached hydrogens (tertiary/aromatic N) is 2. The van der Waals surface area contributed by atoms with Crippen LogP contribution in [0, 0.1) is 0 Å². The van der Waals surface area contributed by atoms with Crippen molar-refractivity contribution < 1.29 is 9.53 Å². The minimum Gasteiger partial charge on any atom is -0.378 e. The molecule has 0 bridgehead atoms. The van der Waals surface area contributed by atoms with E-state index in [0.29, 0.717) is 26.3 Å². The number of morpholine rings is 1. The molecule has 0 aromatic carbocycles. The Bertz CT molecular complexity index is 374. The van der Waals surface area contributed by atoms with E-state index in [2.05, 4.69) is 24.4 Å². The summed E-state index contributed by atoms with van der Waals surface area (Å²) in [6, 6.07) is 4.51. The van der Waals surface area contributed by atoms with E-state index in [0.717, 1.165) is 6.42 Å². The Morgan fingerprint density at radius 3 is 2.89 bits per heavy atom. The number of urea groups is 1. The van der Waals surface area contributed by atoms with Crippen LogP contribution in [0.25, 0.3) is 0 Å². The molecule has 0 radical (unpaired) electrons. The predicted molar refractivity (Wildman–Crippen MR) is 73.0 cm³/mol. The van der Waals surface area contributed by atoms with Gasteiger partial charge in [-0.25, -0.2) is 4.79 Å². The van der Waals surface area contributed by atoms with Gasteiger partial charge in [-0.3, -0.25) is 0 Å². The average Bonchev–Trinajstić information content (AvgIpc) is 2.91. The van der Waals surface area contributed by atoms with E-state index in [9.17, 15) is 4.79 Å². The summed E-state index contributed by atoms with van der Waals surface area (Å²) < 4.78 is 5.26. The van der Waals surface area contributed by atoms with Gasteiger partial charge in [0.05, 0.1) is 13.2 Å². The van der Waals surface area contributed by atoms with Crippen molar-refractivity contribution in [3.63, 3.8) is 0 Å². The first-order valence-electron chi connectivity index (χ1n) is 6.30. The zero-order valence-electron chi connectivity index (χ0n) is 11.0. The zero-order valence-corrected chi connectivity index (χ0v) is 11.8. The van der Waals surface area contributed by atoms with Crippen LogP contribution in [0.15, 0.2) is 17.5 Å². The first kappa shape index (κ1) is 13.4. The Morgan fingerprint density at radius 1 is 1.56 bits per heavy atom. The van der Waals surface area contributed by atoms with Crippen molar-refractivity contribution in [3.8, 4) is 0 Å². The molecule has 1 aromatic rings. The summed E-state index contributed by atoms with van der Waals surface area (Å²) in [4.78, 5) is 17.3. The van der Waals surface area contributed by atoms with Crippen LogP contribution in [0.5, 0.6) is 0 Å². The maximum Gasteiger partial charge on any atom is 0.320 e. The molecule has 1 fully saturated rings. The molecule has 4 nitrogen and oxygen atoms in total. The van der Waals surface area contributed by atoms with Crippen molar-refractivity contribution >= 4 is 17.4 Å². The minimum atomic E-state index is 0.113. The molecule has 2 amide bonds. The van der Waals surface area contributed by atoms with Crippen molar-refractivity contribution in [2.75, 3.05) is 33.4 Å². The highest BCUT2D eigenvalue weighted by Gasteiger charge is 2.23. The lowest BCUT2D eigenvalue weighted by Crippen LogP contribution is -2.49. The summed E-state index contributed by atoms with van der Waals surface area (Å²) in [5.74, 6) is 0. The van der Waals surface area contributed by atoms with Gasteiger partial charge < -0.3 is 14.5 Å². The van der Waals surface area contributed by atoms with Crippen LogP contribution in [-0.4, -0.2) is 55.2 Å². The van der Waals surface area contributed by atoms with E-state index >= 15 is 0 Å². The Labute approximate surface area is 112 Å². The molecular formula is C13H20N2O2S. The van der Waals surface area contributed by atoms with Crippen LogP contribution in [0.3, 0.4) is 0 Å². The maximum atomic E-state index is 12.3. The SMILES string of the molecule is CC(Cc1cccs1)N(C)C(=O)N1CCOCC1. The molecule has 0 saturated carbocycles. The van der Waals surface area contributed by atoms with Crippen LogP contribution in [0.4, 0.5) is 4.79 Å². The third-order valence-corrected chi connectivity index (χ3v) is 4.22. The standard InChI is InChI=1S/C13H20N2O2S/c1-11(10-12-4-3-9-18-12)14(2)13(16)15-5-7-17-8-6-15/h3-4,9,11H,5-8,10H2,1-2H3. The molecule has 0 N–H and O–H groups in total. The maximum absolute atomic E-state index is 12.3. The number of ether oxygens (including phenoxy) is 1. The smallest absolute Gasteiger partial charge is 0.320 e. The summed E-state index contributed by atoms with van der Waals surface area (Å²) >= 11 is 1.74. The number of amides is 2. The molecule has 1 saturated heterocycles. The van der Waals surface area contributed by atoms with E-state index in [1.165, 1.54) is 4.88 Å². The number of hydrogen-bond donors (Lipinski definition) is 0. The van der Waals surface area contributed by atoms with Gasteiger partial charge in [0, 0.05) is 37.5 Å². The van der Waals surface area contributed by atoms with Crippen LogP contribution in [-0.2, 0) is 11.2 Å².